The minimum atomic E-state index is -3.28. The summed E-state index contributed by atoms with van der Waals surface area (Å²) >= 11 is 0. The van der Waals surface area contributed by atoms with Crippen LogP contribution in [0.2, 0.25) is 0 Å². The van der Waals surface area contributed by atoms with Crippen molar-refractivity contribution in [2.75, 3.05) is 13.1 Å². The van der Waals surface area contributed by atoms with Crippen LogP contribution in [0.25, 0.3) is 0 Å². The Morgan fingerprint density at radius 2 is 1.88 bits per heavy atom. The zero-order valence-electron chi connectivity index (χ0n) is 15.0. The maximum atomic E-state index is 12.8. The van der Waals surface area contributed by atoms with Gasteiger partial charge in [-0.1, -0.05) is 30.3 Å². The largest absolute Gasteiger partial charge is 0.317 e. The Kier molecular flexibility index (Phi) is 5.09. The monoisotopic (exact) mass is 374 g/mol. The molecular weight excluding hydrogens is 348 g/mol. The van der Waals surface area contributed by atoms with Crippen LogP contribution in [0.3, 0.4) is 0 Å². The lowest BCUT2D eigenvalue weighted by Gasteiger charge is -2.31. The molecule has 6 nitrogen and oxygen atoms in total. The third kappa shape index (κ3) is 4.32. The summed E-state index contributed by atoms with van der Waals surface area (Å²) in [6, 6.07) is 9.43. The summed E-state index contributed by atoms with van der Waals surface area (Å²) in [6.07, 6.45) is 7.19. The zero-order chi connectivity index (χ0) is 18.0. The number of sulfonamides is 1. The molecule has 1 unspecified atom stereocenters. The Hall–Kier alpha value is -1.73. The molecule has 1 atom stereocenters. The van der Waals surface area contributed by atoms with Crippen LogP contribution >= 0.6 is 0 Å². The Labute approximate surface area is 155 Å². The molecule has 1 aliphatic carbocycles. The van der Waals surface area contributed by atoms with E-state index in [4.69, 9.17) is 0 Å². The van der Waals surface area contributed by atoms with Crippen molar-refractivity contribution in [2.45, 2.75) is 44.4 Å². The predicted octanol–water partition coefficient (Wildman–Crippen LogP) is 2.47. The molecule has 0 spiro atoms. The van der Waals surface area contributed by atoms with Crippen LogP contribution in [0.5, 0.6) is 0 Å². The minimum Gasteiger partial charge on any atom is -0.317 e. The molecule has 140 valence electrons. The van der Waals surface area contributed by atoms with E-state index in [2.05, 4.69) is 14.8 Å². The highest BCUT2D eigenvalue weighted by molar-refractivity contribution is 7.88. The SMILES string of the molecule is O=S(=O)(Cc1ccccc1)N1CCCC(Cc2nncn2CC2CC2)C1. The van der Waals surface area contributed by atoms with Crippen molar-refractivity contribution >= 4 is 10.0 Å². The lowest BCUT2D eigenvalue weighted by atomic mass is 9.96. The van der Waals surface area contributed by atoms with Gasteiger partial charge in [0.15, 0.2) is 0 Å². The van der Waals surface area contributed by atoms with Gasteiger partial charge in [-0.15, -0.1) is 10.2 Å². The number of piperidine rings is 1. The van der Waals surface area contributed by atoms with E-state index >= 15 is 0 Å². The van der Waals surface area contributed by atoms with E-state index in [0.29, 0.717) is 19.0 Å². The molecule has 0 bridgehead atoms. The van der Waals surface area contributed by atoms with Crippen LogP contribution in [0.4, 0.5) is 0 Å². The molecule has 2 aromatic rings. The topological polar surface area (TPSA) is 68.1 Å². The molecule has 1 aliphatic heterocycles. The lowest BCUT2D eigenvalue weighted by molar-refractivity contribution is 0.260. The van der Waals surface area contributed by atoms with Gasteiger partial charge in [0.25, 0.3) is 0 Å². The van der Waals surface area contributed by atoms with Gasteiger partial charge in [0.2, 0.25) is 10.0 Å². The van der Waals surface area contributed by atoms with Gasteiger partial charge in [-0.05, 0) is 43.1 Å². The van der Waals surface area contributed by atoms with Crippen molar-refractivity contribution in [3.8, 4) is 0 Å². The molecule has 2 fully saturated rings. The second-order valence-electron chi connectivity index (χ2n) is 7.66. The highest BCUT2D eigenvalue weighted by Gasteiger charge is 2.30. The molecule has 0 N–H and O–H groups in total. The molecule has 4 rings (SSSR count). The van der Waals surface area contributed by atoms with E-state index < -0.39 is 10.0 Å². The van der Waals surface area contributed by atoms with E-state index in [-0.39, 0.29) is 5.75 Å². The van der Waals surface area contributed by atoms with Gasteiger partial charge in [0.05, 0.1) is 5.75 Å². The van der Waals surface area contributed by atoms with Crippen molar-refractivity contribution < 1.29 is 8.42 Å². The van der Waals surface area contributed by atoms with Gasteiger partial charge in [0.1, 0.15) is 12.2 Å². The molecule has 26 heavy (non-hydrogen) atoms. The van der Waals surface area contributed by atoms with Crippen LogP contribution in [0.15, 0.2) is 36.7 Å². The first-order valence-electron chi connectivity index (χ1n) is 9.48. The van der Waals surface area contributed by atoms with Gasteiger partial charge in [-0.25, -0.2) is 12.7 Å². The summed E-state index contributed by atoms with van der Waals surface area (Å²) in [7, 11) is -3.28. The van der Waals surface area contributed by atoms with Gasteiger partial charge in [0, 0.05) is 26.1 Å². The number of hydrogen-bond donors (Lipinski definition) is 0. The van der Waals surface area contributed by atoms with E-state index in [1.165, 1.54) is 12.8 Å². The Balaban J connectivity index is 1.40. The van der Waals surface area contributed by atoms with Gasteiger partial charge >= 0.3 is 0 Å². The third-order valence-electron chi connectivity index (χ3n) is 5.39. The van der Waals surface area contributed by atoms with Crippen molar-refractivity contribution in [1.82, 2.24) is 19.1 Å². The number of benzene rings is 1. The van der Waals surface area contributed by atoms with Crippen LogP contribution in [0, 0.1) is 11.8 Å². The predicted molar refractivity (Wildman–Crippen MR) is 99.8 cm³/mol. The second kappa shape index (κ2) is 7.48. The summed E-state index contributed by atoms with van der Waals surface area (Å²) in [5.41, 5.74) is 0.846. The number of aromatic nitrogens is 3. The molecule has 2 aliphatic rings. The normalized spacial score (nSPS) is 21.8. The number of hydrogen-bond acceptors (Lipinski definition) is 4. The van der Waals surface area contributed by atoms with Crippen LogP contribution in [-0.2, 0) is 28.7 Å². The summed E-state index contributed by atoms with van der Waals surface area (Å²) < 4.78 is 29.5. The fourth-order valence-corrected chi connectivity index (χ4v) is 5.39. The fraction of sp³-hybridized carbons (Fsp3) is 0.579. The first-order valence-corrected chi connectivity index (χ1v) is 11.1. The van der Waals surface area contributed by atoms with E-state index in [9.17, 15) is 8.42 Å². The second-order valence-corrected chi connectivity index (χ2v) is 9.62. The van der Waals surface area contributed by atoms with E-state index in [1.807, 2.05) is 36.7 Å². The quantitative estimate of drug-likeness (QED) is 0.747. The van der Waals surface area contributed by atoms with Gasteiger partial charge < -0.3 is 4.57 Å². The van der Waals surface area contributed by atoms with Gasteiger partial charge in [-0.3, -0.25) is 0 Å². The van der Waals surface area contributed by atoms with Crippen LogP contribution < -0.4 is 0 Å². The average Bonchev–Trinajstić information content (AvgIpc) is 3.35. The van der Waals surface area contributed by atoms with Crippen molar-refractivity contribution in [3.63, 3.8) is 0 Å². The Bertz CT molecular complexity index is 830. The molecular formula is C19H26N4O2S. The van der Waals surface area contributed by atoms with Crippen LogP contribution in [0.1, 0.15) is 37.1 Å². The Morgan fingerprint density at radius 1 is 1.08 bits per heavy atom. The summed E-state index contributed by atoms with van der Waals surface area (Å²) in [5, 5.41) is 8.36. The van der Waals surface area contributed by atoms with Crippen LogP contribution in [-0.4, -0.2) is 40.6 Å². The first-order chi connectivity index (χ1) is 12.6. The summed E-state index contributed by atoms with van der Waals surface area (Å²) in [4.78, 5) is 0. The molecule has 1 aromatic carbocycles. The van der Waals surface area contributed by atoms with Crippen molar-refractivity contribution in [2.24, 2.45) is 11.8 Å². The fourth-order valence-electron chi connectivity index (χ4n) is 3.75. The maximum Gasteiger partial charge on any atom is 0.218 e. The zero-order valence-corrected chi connectivity index (χ0v) is 15.8. The van der Waals surface area contributed by atoms with E-state index in [1.54, 1.807) is 4.31 Å². The molecule has 1 aromatic heterocycles. The molecule has 1 saturated heterocycles. The molecule has 0 amide bonds. The highest BCUT2D eigenvalue weighted by Crippen LogP contribution is 2.31. The number of nitrogens with zero attached hydrogens (tertiary/aromatic N) is 4. The molecule has 0 radical (unpaired) electrons. The molecule has 7 heteroatoms. The summed E-state index contributed by atoms with van der Waals surface area (Å²) in [5.74, 6) is 2.18. The highest BCUT2D eigenvalue weighted by atomic mass is 32.2. The minimum absolute atomic E-state index is 0.0818. The third-order valence-corrected chi connectivity index (χ3v) is 7.20. The average molecular weight is 375 g/mol. The summed E-state index contributed by atoms with van der Waals surface area (Å²) in [6.45, 7) is 2.22. The standard InChI is InChI=1S/C19H26N4O2S/c24-26(25,14-17-5-2-1-3-6-17)23-10-4-7-18(13-23)11-19-21-20-15-22(19)12-16-8-9-16/h1-3,5-6,15-16,18H,4,7-14H2. The first kappa shape index (κ1) is 17.7. The van der Waals surface area contributed by atoms with Crippen molar-refractivity contribution in [1.29, 1.82) is 0 Å². The lowest BCUT2D eigenvalue weighted by Crippen LogP contribution is -2.41. The molecule has 1 saturated carbocycles. The van der Waals surface area contributed by atoms with E-state index in [0.717, 1.165) is 43.1 Å². The molecule has 2 heterocycles. The van der Waals surface area contributed by atoms with Crippen molar-refractivity contribution in [3.05, 3.63) is 48.0 Å². The van der Waals surface area contributed by atoms with Gasteiger partial charge in [-0.2, -0.15) is 0 Å². The Morgan fingerprint density at radius 3 is 2.65 bits per heavy atom. The number of rotatable bonds is 7. The maximum absolute atomic E-state index is 12.8. The smallest absolute Gasteiger partial charge is 0.218 e.